The van der Waals surface area contributed by atoms with Crippen molar-refractivity contribution in [3.63, 3.8) is 0 Å². The molecule has 2 aromatic carbocycles. The molecule has 1 N–H and O–H groups in total. The van der Waals surface area contributed by atoms with E-state index in [1.807, 2.05) is 13.8 Å². The maximum atomic E-state index is 12.9. The van der Waals surface area contributed by atoms with Gasteiger partial charge in [-0.05, 0) is 62.7 Å². The number of benzene rings is 2. The average Bonchev–Trinajstić information content (AvgIpc) is 2.61. The molecule has 2 rings (SSSR count). The third-order valence-corrected chi connectivity index (χ3v) is 3.49. The Morgan fingerprint density at radius 2 is 1.62 bits per heavy atom. The maximum Gasteiger partial charge on any atom is 0.338 e. The van der Waals surface area contributed by atoms with Crippen LogP contribution in [-0.2, 0) is 16.1 Å². The number of carbonyl (C=O) groups excluding carboxylic acids is 2. The molecular formula is C20H22FNO4. The molecule has 0 aliphatic rings. The summed E-state index contributed by atoms with van der Waals surface area (Å²) in [5, 5.41) is 2.65. The molecule has 0 aliphatic carbocycles. The normalized spacial score (nSPS) is 11.7. The molecule has 0 radical (unpaired) electrons. The molecule has 2 aromatic rings. The van der Waals surface area contributed by atoms with E-state index in [0.29, 0.717) is 11.3 Å². The highest BCUT2D eigenvalue weighted by Gasteiger charge is 2.18. The zero-order valence-electron chi connectivity index (χ0n) is 15.0. The molecule has 26 heavy (non-hydrogen) atoms. The van der Waals surface area contributed by atoms with Crippen molar-refractivity contribution in [1.29, 1.82) is 0 Å². The Kier molecular flexibility index (Phi) is 6.72. The third kappa shape index (κ3) is 5.88. The second-order valence-electron chi connectivity index (χ2n) is 6.08. The van der Waals surface area contributed by atoms with E-state index >= 15 is 0 Å². The van der Waals surface area contributed by atoms with Crippen LogP contribution in [-0.4, -0.2) is 24.1 Å². The Balaban J connectivity index is 1.85. The number of amides is 1. The third-order valence-electron chi connectivity index (χ3n) is 3.49. The highest BCUT2D eigenvalue weighted by molar-refractivity contribution is 5.92. The summed E-state index contributed by atoms with van der Waals surface area (Å²) < 4.78 is 23.5. The molecule has 0 unspecified atom stereocenters. The van der Waals surface area contributed by atoms with Gasteiger partial charge in [0.1, 0.15) is 11.6 Å². The van der Waals surface area contributed by atoms with Gasteiger partial charge in [-0.25, -0.2) is 9.18 Å². The molecule has 5 nitrogen and oxygen atoms in total. The van der Waals surface area contributed by atoms with Crippen LogP contribution in [0.25, 0.3) is 0 Å². The number of carbonyl (C=O) groups is 2. The van der Waals surface area contributed by atoms with Crippen molar-refractivity contribution in [3.05, 3.63) is 65.5 Å². The number of nitrogens with one attached hydrogen (secondary N) is 1. The van der Waals surface area contributed by atoms with Gasteiger partial charge < -0.3 is 14.8 Å². The molecule has 0 aromatic heterocycles. The van der Waals surface area contributed by atoms with Gasteiger partial charge in [-0.2, -0.15) is 0 Å². The molecule has 138 valence electrons. The van der Waals surface area contributed by atoms with E-state index in [-0.39, 0.29) is 18.5 Å². The van der Waals surface area contributed by atoms with Crippen LogP contribution in [0.5, 0.6) is 5.75 Å². The summed E-state index contributed by atoms with van der Waals surface area (Å²) in [6.07, 6.45) is -0.910. The lowest BCUT2D eigenvalue weighted by Crippen LogP contribution is -2.35. The molecule has 0 aliphatic heterocycles. The van der Waals surface area contributed by atoms with Gasteiger partial charge in [0.05, 0.1) is 11.7 Å². The van der Waals surface area contributed by atoms with Crippen LogP contribution in [0.3, 0.4) is 0 Å². The fraction of sp³-hybridized carbons (Fsp3) is 0.300. The van der Waals surface area contributed by atoms with Gasteiger partial charge in [0.25, 0.3) is 5.91 Å². The molecule has 1 amide bonds. The van der Waals surface area contributed by atoms with Gasteiger partial charge in [-0.1, -0.05) is 12.1 Å². The van der Waals surface area contributed by atoms with E-state index in [4.69, 9.17) is 9.47 Å². The quantitative estimate of drug-likeness (QED) is 0.769. The number of halogens is 1. The smallest absolute Gasteiger partial charge is 0.338 e. The number of hydrogen-bond acceptors (Lipinski definition) is 4. The van der Waals surface area contributed by atoms with E-state index < -0.39 is 18.0 Å². The molecule has 0 bridgehead atoms. The Hall–Kier alpha value is -2.89. The zero-order chi connectivity index (χ0) is 19.1. The summed E-state index contributed by atoms with van der Waals surface area (Å²) in [5.41, 5.74) is 1.08. The van der Waals surface area contributed by atoms with E-state index in [9.17, 15) is 14.0 Å². The van der Waals surface area contributed by atoms with Crippen molar-refractivity contribution in [2.45, 2.75) is 39.5 Å². The first-order valence-corrected chi connectivity index (χ1v) is 8.35. The lowest BCUT2D eigenvalue weighted by molar-refractivity contribution is -0.129. The van der Waals surface area contributed by atoms with Crippen LogP contribution in [0.1, 0.15) is 36.7 Å². The second kappa shape index (κ2) is 8.99. The fourth-order valence-electron chi connectivity index (χ4n) is 2.16. The average molecular weight is 359 g/mol. The summed E-state index contributed by atoms with van der Waals surface area (Å²) in [6, 6.07) is 12.3. The number of ether oxygens (including phenoxy) is 2. The van der Waals surface area contributed by atoms with E-state index in [1.165, 1.54) is 19.1 Å². The molecule has 0 saturated heterocycles. The van der Waals surface area contributed by atoms with Gasteiger partial charge in [0.15, 0.2) is 6.10 Å². The van der Waals surface area contributed by atoms with E-state index in [2.05, 4.69) is 5.32 Å². The van der Waals surface area contributed by atoms with Gasteiger partial charge in [0, 0.05) is 6.54 Å². The topological polar surface area (TPSA) is 64.6 Å². The predicted molar refractivity (Wildman–Crippen MR) is 95.3 cm³/mol. The van der Waals surface area contributed by atoms with Gasteiger partial charge in [-0.15, -0.1) is 0 Å². The van der Waals surface area contributed by atoms with Gasteiger partial charge in [-0.3, -0.25) is 4.79 Å². The van der Waals surface area contributed by atoms with Crippen molar-refractivity contribution in [3.8, 4) is 5.75 Å². The minimum absolute atomic E-state index is 0.0395. The number of rotatable bonds is 7. The molecule has 0 saturated carbocycles. The lowest BCUT2D eigenvalue weighted by atomic mass is 10.2. The number of esters is 1. The van der Waals surface area contributed by atoms with E-state index in [1.54, 1.807) is 36.4 Å². The Labute approximate surface area is 152 Å². The largest absolute Gasteiger partial charge is 0.491 e. The first-order valence-electron chi connectivity index (χ1n) is 8.35. The fourth-order valence-corrected chi connectivity index (χ4v) is 2.16. The summed E-state index contributed by atoms with van der Waals surface area (Å²) in [6.45, 7) is 5.54. The summed E-state index contributed by atoms with van der Waals surface area (Å²) >= 11 is 0. The monoisotopic (exact) mass is 359 g/mol. The van der Waals surface area contributed by atoms with Crippen LogP contribution in [0.15, 0.2) is 48.5 Å². The molecule has 6 heteroatoms. The Morgan fingerprint density at radius 3 is 2.19 bits per heavy atom. The standard InChI is InChI=1S/C20H22FNO4/c1-13(2)25-18-10-6-16(7-11-18)20(24)26-14(3)19(23)22-12-15-4-8-17(21)9-5-15/h4-11,13-14H,12H2,1-3H3,(H,22,23)/t14-/m1/s1. The van der Waals surface area contributed by atoms with Crippen molar-refractivity contribution in [2.24, 2.45) is 0 Å². The predicted octanol–water partition coefficient (Wildman–Crippen LogP) is 3.47. The van der Waals surface area contributed by atoms with Crippen LogP contribution < -0.4 is 10.1 Å². The molecular weight excluding hydrogens is 337 g/mol. The van der Waals surface area contributed by atoms with Crippen LogP contribution in [0, 0.1) is 5.82 Å². The minimum Gasteiger partial charge on any atom is -0.491 e. The van der Waals surface area contributed by atoms with Crippen molar-refractivity contribution >= 4 is 11.9 Å². The minimum atomic E-state index is -0.950. The molecule has 1 atom stereocenters. The van der Waals surface area contributed by atoms with Crippen LogP contribution in [0.2, 0.25) is 0 Å². The highest BCUT2D eigenvalue weighted by Crippen LogP contribution is 2.15. The molecule has 0 spiro atoms. The zero-order valence-corrected chi connectivity index (χ0v) is 15.0. The van der Waals surface area contributed by atoms with Crippen molar-refractivity contribution < 1.29 is 23.5 Å². The lowest BCUT2D eigenvalue weighted by Gasteiger charge is -2.14. The summed E-state index contributed by atoms with van der Waals surface area (Å²) in [5.74, 6) is -0.707. The van der Waals surface area contributed by atoms with Crippen molar-refractivity contribution in [2.75, 3.05) is 0 Å². The maximum absolute atomic E-state index is 12.9. The van der Waals surface area contributed by atoms with Crippen LogP contribution in [0.4, 0.5) is 4.39 Å². The first kappa shape index (κ1) is 19.4. The van der Waals surface area contributed by atoms with Gasteiger partial charge >= 0.3 is 5.97 Å². The SMILES string of the molecule is CC(C)Oc1ccc(C(=O)O[C@H](C)C(=O)NCc2ccc(F)cc2)cc1. The van der Waals surface area contributed by atoms with Crippen molar-refractivity contribution in [1.82, 2.24) is 5.32 Å². The number of hydrogen-bond donors (Lipinski definition) is 1. The van der Waals surface area contributed by atoms with Gasteiger partial charge in [0.2, 0.25) is 0 Å². The van der Waals surface area contributed by atoms with Crippen LogP contribution >= 0.6 is 0 Å². The summed E-state index contributed by atoms with van der Waals surface area (Å²) in [4.78, 5) is 24.2. The molecule has 0 fully saturated rings. The Morgan fingerprint density at radius 1 is 1.00 bits per heavy atom. The summed E-state index contributed by atoms with van der Waals surface area (Å²) in [7, 11) is 0. The first-order chi connectivity index (χ1) is 12.3. The molecule has 0 heterocycles. The Bertz CT molecular complexity index is 741. The highest BCUT2D eigenvalue weighted by atomic mass is 19.1. The van der Waals surface area contributed by atoms with E-state index in [0.717, 1.165) is 5.56 Å². The second-order valence-corrected chi connectivity index (χ2v) is 6.08.